The fourth-order valence-corrected chi connectivity index (χ4v) is 2.46. The largest absolute Gasteiger partial charge is 0.354 e. The summed E-state index contributed by atoms with van der Waals surface area (Å²) in [5.74, 6) is -0.163. The second kappa shape index (κ2) is 5.71. The van der Waals surface area contributed by atoms with E-state index in [0.717, 1.165) is 0 Å². The predicted molar refractivity (Wildman–Crippen MR) is 81.4 cm³/mol. The van der Waals surface area contributed by atoms with Crippen molar-refractivity contribution >= 4 is 29.0 Å². The molecule has 23 heavy (non-hydrogen) atoms. The van der Waals surface area contributed by atoms with E-state index >= 15 is 0 Å². The zero-order chi connectivity index (χ0) is 16.6. The molecule has 120 valence electrons. The van der Waals surface area contributed by atoms with Gasteiger partial charge in [-0.05, 0) is 19.9 Å². The summed E-state index contributed by atoms with van der Waals surface area (Å²) >= 11 is 6.13. The third-order valence-corrected chi connectivity index (χ3v) is 3.75. The Morgan fingerprint density at radius 1 is 1.43 bits per heavy atom. The number of carbonyl (C=O) groups is 2. The van der Waals surface area contributed by atoms with Crippen LogP contribution >= 0.6 is 11.6 Å². The smallest absolute Gasteiger partial charge is 0.254 e. The van der Waals surface area contributed by atoms with E-state index in [0.29, 0.717) is 11.5 Å². The van der Waals surface area contributed by atoms with Crippen LogP contribution in [0.3, 0.4) is 0 Å². The van der Waals surface area contributed by atoms with Crippen LogP contribution in [0.25, 0.3) is 5.82 Å². The van der Waals surface area contributed by atoms with E-state index in [1.54, 1.807) is 13.8 Å². The Hall–Kier alpha value is -2.32. The fourth-order valence-electron chi connectivity index (χ4n) is 2.22. The van der Waals surface area contributed by atoms with Crippen LogP contribution in [0.1, 0.15) is 20.3 Å². The maximum Gasteiger partial charge on any atom is 0.254 e. The number of aromatic nitrogens is 4. The average molecular weight is 336 g/mol. The lowest BCUT2D eigenvalue weighted by Crippen LogP contribution is -2.31. The van der Waals surface area contributed by atoms with Crippen molar-refractivity contribution in [3.8, 4) is 5.82 Å². The number of nitrogens with zero attached hydrogens (tertiary/aromatic N) is 4. The molecule has 2 aromatic rings. The fraction of sp³-hybridized carbons (Fsp3) is 0.357. The lowest BCUT2D eigenvalue weighted by Gasteiger charge is -2.17. The van der Waals surface area contributed by atoms with Crippen molar-refractivity contribution in [2.75, 3.05) is 5.32 Å². The van der Waals surface area contributed by atoms with E-state index in [1.165, 1.54) is 29.5 Å². The summed E-state index contributed by atoms with van der Waals surface area (Å²) in [6.07, 6.45) is 3.68. The zero-order valence-electron chi connectivity index (χ0n) is 12.5. The van der Waals surface area contributed by atoms with Gasteiger partial charge in [0.25, 0.3) is 5.91 Å². The average Bonchev–Trinajstić information content (AvgIpc) is 3.08. The van der Waals surface area contributed by atoms with Crippen molar-refractivity contribution < 1.29 is 14.3 Å². The van der Waals surface area contributed by atoms with Gasteiger partial charge in [0.1, 0.15) is 11.7 Å². The van der Waals surface area contributed by atoms with E-state index < -0.39 is 17.6 Å². The second-order valence-corrected chi connectivity index (χ2v) is 5.99. The van der Waals surface area contributed by atoms with Gasteiger partial charge in [-0.25, -0.2) is 4.98 Å². The molecule has 1 atom stereocenters. The molecule has 0 spiro atoms. The molecule has 1 amide bonds. The molecular weight excluding hydrogens is 322 g/mol. The second-order valence-electron chi connectivity index (χ2n) is 5.58. The van der Waals surface area contributed by atoms with Gasteiger partial charge in [-0.3, -0.25) is 9.59 Å². The molecule has 0 saturated carbocycles. The van der Waals surface area contributed by atoms with Gasteiger partial charge in [-0.2, -0.15) is 10.2 Å². The molecule has 0 aromatic carbocycles. The number of Topliss-reactive ketones (excluding diaryl/α,β-unsaturated/α-hetero) is 1. The Kier molecular flexibility index (Phi) is 3.87. The predicted octanol–water partition coefficient (Wildman–Crippen LogP) is 1.39. The molecular formula is C14H14ClN5O3. The monoisotopic (exact) mass is 335 g/mol. The minimum atomic E-state index is -0.937. The Balaban J connectivity index is 1.73. The summed E-state index contributed by atoms with van der Waals surface area (Å²) in [4.78, 5) is 29.3. The number of carbonyl (C=O) groups excluding carboxylic acids is 2. The van der Waals surface area contributed by atoms with Gasteiger partial charge in [-0.1, -0.05) is 11.6 Å². The summed E-state index contributed by atoms with van der Waals surface area (Å²) < 4.78 is 5.47. The number of ketones is 1. The van der Waals surface area contributed by atoms with E-state index in [1.807, 2.05) is 0 Å². The van der Waals surface area contributed by atoms with Crippen LogP contribution in [0.4, 0.5) is 5.69 Å². The molecule has 8 nitrogen and oxygen atoms in total. The van der Waals surface area contributed by atoms with Crippen LogP contribution in [-0.2, 0) is 14.3 Å². The van der Waals surface area contributed by atoms with Gasteiger partial charge in [0.15, 0.2) is 11.6 Å². The number of rotatable bonds is 3. The topological polar surface area (TPSA) is 99.0 Å². The number of nitrogens with one attached hydrogen (secondary N) is 1. The number of pyridine rings is 1. The van der Waals surface area contributed by atoms with E-state index in [-0.39, 0.29) is 17.2 Å². The van der Waals surface area contributed by atoms with Gasteiger partial charge in [0.05, 0.1) is 29.3 Å². The molecule has 0 bridgehead atoms. The lowest BCUT2D eigenvalue weighted by molar-refractivity contribution is -0.134. The molecule has 1 aliphatic rings. The molecule has 1 N–H and O–H groups in total. The third kappa shape index (κ3) is 3.08. The van der Waals surface area contributed by atoms with Crippen molar-refractivity contribution in [3.05, 3.63) is 29.7 Å². The molecule has 0 radical (unpaired) electrons. The van der Waals surface area contributed by atoms with Crippen molar-refractivity contribution in [1.29, 1.82) is 0 Å². The highest BCUT2D eigenvalue weighted by molar-refractivity contribution is 6.32. The summed E-state index contributed by atoms with van der Waals surface area (Å²) in [5, 5.41) is 10.8. The minimum Gasteiger partial charge on any atom is -0.354 e. The van der Waals surface area contributed by atoms with Crippen LogP contribution < -0.4 is 5.32 Å². The van der Waals surface area contributed by atoms with E-state index in [2.05, 4.69) is 20.5 Å². The molecule has 1 saturated heterocycles. The summed E-state index contributed by atoms with van der Waals surface area (Å²) in [6.45, 7) is 3.29. The third-order valence-electron chi connectivity index (χ3n) is 3.47. The molecule has 9 heteroatoms. The van der Waals surface area contributed by atoms with E-state index in [9.17, 15) is 9.59 Å². The summed E-state index contributed by atoms with van der Waals surface area (Å²) in [7, 11) is 0. The van der Waals surface area contributed by atoms with Crippen LogP contribution in [0.2, 0.25) is 5.02 Å². The first-order valence-electron chi connectivity index (χ1n) is 6.91. The van der Waals surface area contributed by atoms with Gasteiger partial charge in [-0.15, -0.1) is 4.80 Å². The zero-order valence-corrected chi connectivity index (χ0v) is 13.2. The Morgan fingerprint density at radius 3 is 2.70 bits per heavy atom. The quantitative estimate of drug-likeness (QED) is 0.910. The first kappa shape index (κ1) is 15.6. The number of ether oxygens (including phenoxy) is 1. The van der Waals surface area contributed by atoms with Gasteiger partial charge in [0, 0.05) is 6.42 Å². The number of hydrogen-bond donors (Lipinski definition) is 1. The molecule has 3 heterocycles. The molecule has 2 aromatic heterocycles. The Labute approximate surface area is 136 Å². The number of amides is 1. The standard InChI is InChI=1S/C14H14ClN5O3/c1-14(2)11(21)6-10(23-14)13(22)19-8-5-9(15)12(16-7-8)20-17-3-4-18-20/h3-5,7,10H,6H2,1-2H3,(H,19,22). The van der Waals surface area contributed by atoms with Crippen LogP contribution in [0, 0.1) is 0 Å². The molecule has 3 rings (SSSR count). The first-order valence-corrected chi connectivity index (χ1v) is 7.29. The number of anilines is 1. The van der Waals surface area contributed by atoms with Gasteiger partial charge >= 0.3 is 0 Å². The highest BCUT2D eigenvalue weighted by Gasteiger charge is 2.43. The molecule has 1 fully saturated rings. The molecule has 1 unspecified atom stereocenters. The maximum absolute atomic E-state index is 12.2. The van der Waals surface area contributed by atoms with Crippen LogP contribution in [0.15, 0.2) is 24.7 Å². The number of halogens is 1. The maximum atomic E-state index is 12.2. The van der Waals surface area contributed by atoms with Gasteiger partial charge < -0.3 is 10.1 Å². The van der Waals surface area contributed by atoms with Crippen LogP contribution in [0.5, 0.6) is 0 Å². The summed E-state index contributed by atoms with van der Waals surface area (Å²) in [6, 6.07) is 1.53. The minimum absolute atomic E-state index is 0.0509. The first-order chi connectivity index (χ1) is 10.9. The Bertz CT molecular complexity index is 760. The van der Waals surface area contributed by atoms with Crippen LogP contribution in [-0.4, -0.2) is 43.4 Å². The highest BCUT2D eigenvalue weighted by atomic mass is 35.5. The van der Waals surface area contributed by atoms with Crippen molar-refractivity contribution in [1.82, 2.24) is 20.0 Å². The SMILES string of the molecule is CC1(C)OC(C(=O)Nc2cnc(-n3nccn3)c(Cl)c2)CC1=O. The normalized spacial score (nSPS) is 19.8. The summed E-state index contributed by atoms with van der Waals surface area (Å²) in [5.41, 5.74) is -0.537. The van der Waals surface area contributed by atoms with Gasteiger partial charge in [0.2, 0.25) is 0 Å². The number of hydrogen-bond acceptors (Lipinski definition) is 6. The lowest BCUT2D eigenvalue weighted by atomic mass is 10.0. The van der Waals surface area contributed by atoms with E-state index in [4.69, 9.17) is 16.3 Å². The molecule has 1 aliphatic heterocycles. The van der Waals surface area contributed by atoms with Crippen molar-refractivity contribution in [3.63, 3.8) is 0 Å². The molecule has 0 aliphatic carbocycles. The van der Waals surface area contributed by atoms with Crippen molar-refractivity contribution in [2.45, 2.75) is 32.0 Å². The van der Waals surface area contributed by atoms with Crippen molar-refractivity contribution in [2.24, 2.45) is 0 Å². The Morgan fingerprint density at radius 2 is 2.13 bits per heavy atom. The highest BCUT2D eigenvalue weighted by Crippen LogP contribution is 2.27.